The van der Waals surface area contributed by atoms with Gasteiger partial charge in [0, 0.05) is 23.3 Å². The van der Waals surface area contributed by atoms with Crippen molar-refractivity contribution in [3.8, 4) is 17.6 Å². The summed E-state index contributed by atoms with van der Waals surface area (Å²) in [4.78, 5) is 4.28. The van der Waals surface area contributed by atoms with Crippen molar-refractivity contribution in [2.24, 2.45) is 0 Å². The highest BCUT2D eigenvalue weighted by molar-refractivity contribution is 5.85. The molecule has 0 spiro atoms. The van der Waals surface area contributed by atoms with E-state index in [0.29, 0.717) is 22.7 Å². The number of hydrogen-bond donors (Lipinski definition) is 1. The molecule has 0 radical (unpaired) electrons. The van der Waals surface area contributed by atoms with E-state index in [9.17, 15) is 0 Å². The van der Waals surface area contributed by atoms with E-state index in [0.717, 1.165) is 10.9 Å². The number of benzene rings is 2. The third kappa shape index (κ3) is 2.13. The molecule has 0 aliphatic heterocycles. The molecular weight excluding hydrogens is 250 g/mol. The Kier molecular flexibility index (Phi) is 2.94. The number of hydrogen-bond acceptors (Lipinski definition) is 4. The van der Waals surface area contributed by atoms with E-state index < -0.39 is 0 Å². The molecule has 0 aliphatic rings. The molecule has 4 nitrogen and oxygen atoms in total. The van der Waals surface area contributed by atoms with Crippen LogP contribution in [0.3, 0.4) is 0 Å². The largest absolute Gasteiger partial charge is 0.457 e. The number of ether oxygens (including phenoxy) is 1. The van der Waals surface area contributed by atoms with E-state index in [1.165, 1.54) is 0 Å². The van der Waals surface area contributed by atoms with Crippen LogP contribution >= 0.6 is 0 Å². The molecule has 2 N–H and O–H groups in total. The van der Waals surface area contributed by atoms with Crippen molar-refractivity contribution in [3.05, 3.63) is 60.3 Å². The van der Waals surface area contributed by atoms with Gasteiger partial charge in [-0.2, -0.15) is 5.26 Å². The maximum absolute atomic E-state index is 8.99. The average molecular weight is 261 g/mol. The second-order valence-electron chi connectivity index (χ2n) is 4.29. The van der Waals surface area contributed by atoms with Crippen LogP contribution in [0.25, 0.3) is 10.9 Å². The third-order valence-electron chi connectivity index (χ3n) is 2.98. The maximum atomic E-state index is 8.99. The van der Waals surface area contributed by atoms with Crippen LogP contribution in [0, 0.1) is 11.3 Å². The highest BCUT2D eigenvalue weighted by atomic mass is 16.5. The molecule has 0 fully saturated rings. The number of anilines is 1. The summed E-state index contributed by atoms with van der Waals surface area (Å²) >= 11 is 0. The number of pyridine rings is 1. The standard InChI is InChI=1S/C16H11N3O/c17-10-11-9-12(6-7-14(11)18)20-16-5-1-4-15-13(16)3-2-8-19-15/h1-9H,18H2. The van der Waals surface area contributed by atoms with E-state index in [2.05, 4.69) is 4.98 Å². The molecule has 0 aliphatic carbocycles. The Hall–Kier alpha value is -3.06. The number of aromatic nitrogens is 1. The van der Waals surface area contributed by atoms with Gasteiger partial charge in [0.1, 0.15) is 17.6 Å². The Bertz CT molecular complexity index is 816. The molecule has 1 heterocycles. The molecule has 96 valence electrons. The Morgan fingerprint density at radius 1 is 1.10 bits per heavy atom. The van der Waals surface area contributed by atoms with Crippen LogP contribution in [-0.2, 0) is 0 Å². The number of rotatable bonds is 2. The lowest BCUT2D eigenvalue weighted by Crippen LogP contribution is -1.92. The van der Waals surface area contributed by atoms with Crippen LogP contribution in [0.1, 0.15) is 5.56 Å². The minimum Gasteiger partial charge on any atom is -0.457 e. The van der Waals surface area contributed by atoms with E-state index in [1.54, 1.807) is 24.4 Å². The SMILES string of the molecule is N#Cc1cc(Oc2cccc3ncccc23)ccc1N. The first kappa shape index (κ1) is 12.0. The number of nitrogens with zero attached hydrogens (tertiary/aromatic N) is 2. The van der Waals surface area contributed by atoms with Crippen molar-refractivity contribution in [1.29, 1.82) is 5.26 Å². The lowest BCUT2D eigenvalue weighted by molar-refractivity contribution is 0.488. The van der Waals surface area contributed by atoms with Gasteiger partial charge in [0.15, 0.2) is 0 Å². The zero-order valence-corrected chi connectivity index (χ0v) is 10.6. The fourth-order valence-electron chi connectivity index (χ4n) is 1.99. The van der Waals surface area contributed by atoms with Gasteiger partial charge in [-0.25, -0.2) is 0 Å². The first-order valence-corrected chi connectivity index (χ1v) is 6.09. The molecule has 0 atom stereocenters. The van der Waals surface area contributed by atoms with Crippen LogP contribution in [0.15, 0.2) is 54.7 Å². The molecule has 1 aromatic heterocycles. The first-order chi connectivity index (χ1) is 9.78. The van der Waals surface area contributed by atoms with Gasteiger partial charge < -0.3 is 10.5 Å². The molecule has 0 saturated heterocycles. The molecular formula is C16H11N3O. The van der Waals surface area contributed by atoms with Gasteiger partial charge in [-0.05, 0) is 36.4 Å². The molecule has 3 rings (SSSR count). The number of nitrogen functional groups attached to an aromatic ring is 1. The number of nitrogens with two attached hydrogens (primary N) is 1. The molecule has 3 aromatic rings. The van der Waals surface area contributed by atoms with Crippen LogP contribution in [0.5, 0.6) is 11.5 Å². The summed E-state index contributed by atoms with van der Waals surface area (Å²) in [5, 5.41) is 9.91. The molecule has 0 saturated carbocycles. The zero-order chi connectivity index (χ0) is 13.9. The number of fused-ring (bicyclic) bond motifs is 1. The van der Waals surface area contributed by atoms with Crippen LogP contribution in [0.4, 0.5) is 5.69 Å². The van der Waals surface area contributed by atoms with Crippen molar-refractivity contribution in [3.63, 3.8) is 0 Å². The normalized spacial score (nSPS) is 10.2. The fourth-order valence-corrected chi connectivity index (χ4v) is 1.99. The van der Waals surface area contributed by atoms with Gasteiger partial charge in [-0.3, -0.25) is 4.98 Å². The highest BCUT2D eigenvalue weighted by Gasteiger charge is 2.06. The summed E-state index contributed by atoms with van der Waals surface area (Å²) in [5.74, 6) is 1.27. The zero-order valence-electron chi connectivity index (χ0n) is 10.6. The molecule has 2 aromatic carbocycles. The Balaban J connectivity index is 2.04. The van der Waals surface area contributed by atoms with Crippen LogP contribution in [0.2, 0.25) is 0 Å². The summed E-state index contributed by atoms with van der Waals surface area (Å²) < 4.78 is 5.84. The van der Waals surface area contributed by atoms with Crippen molar-refractivity contribution in [2.75, 3.05) is 5.73 Å². The predicted molar refractivity (Wildman–Crippen MR) is 77.4 cm³/mol. The predicted octanol–water partition coefficient (Wildman–Crippen LogP) is 3.48. The third-order valence-corrected chi connectivity index (χ3v) is 2.98. The highest BCUT2D eigenvalue weighted by Crippen LogP contribution is 2.30. The van der Waals surface area contributed by atoms with E-state index in [4.69, 9.17) is 15.7 Å². The second-order valence-corrected chi connectivity index (χ2v) is 4.29. The van der Waals surface area contributed by atoms with Crippen molar-refractivity contribution in [2.45, 2.75) is 0 Å². The van der Waals surface area contributed by atoms with Gasteiger partial charge in [-0.1, -0.05) is 6.07 Å². The van der Waals surface area contributed by atoms with Crippen molar-refractivity contribution >= 4 is 16.6 Å². The van der Waals surface area contributed by atoms with Crippen LogP contribution in [-0.4, -0.2) is 4.98 Å². The molecule has 4 heteroatoms. The maximum Gasteiger partial charge on any atom is 0.136 e. The van der Waals surface area contributed by atoms with Gasteiger partial charge in [0.25, 0.3) is 0 Å². The summed E-state index contributed by atoms with van der Waals surface area (Å²) in [6.07, 6.45) is 1.74. The lowest BCUT2D eigenvalue weighted by Gasteiger charge is -2.09. The topological polar surface area (TPSA) is 71.9 Å². The van der Waals surface area contributed by atoms with Gasteiger partial charge in [-0.15, -0.1) is 0 Å². The molecule has 0 amide bonds. The van der Waals surface area contributed by atoms with Crippen molar-refractivity contribution in [1.82, 2.24) is 4.98 Å². The Labute approximate surface area is 116 Å². The molecule has 0 unspecified atom stereocenters. The Morgan fingerprint density at radius 2 is 2.00 bits per heavy atom. The molecule has 20 heavy (non-hydrogen) atoms. The quantitative estimate of drug-likeness (QED) is 0.717. The monoisotopic (exact) mass is 261 g/mol. The van der Waals surface area contributed by atoms with E-state index >= 15 is 0 Å². The fraction of sp³-hybridized carbons (Fsp3) is 0. The summed E-state index contributed by atoms with van der Waals surface area (Å²) in [5.41, 5.74) is 7.41. The summed E-state index contributed by atoms with van der Waals surface area (Å²) in [7, 11) is 0. The summed E-state index contributed by atoms with van der Waals surface area (Å²) in [6, 6.07) is 16.6. The smallest absolute Gasteiger partial charge is 0.136 e. The van der Waals surface area contributed by atoms with Gasteiger partial charge in [0.05, 0.1) is 11.1 Å². The average Bonchev–Trinajstić information content (AvgIpc) is 2.49. The van der Waals surface area contributed by atoms with E-state index in [-0.39, 0.29) is 0 Å². The summed E-state index contributed by atoms with van der Waals surface area (Å²) in [6.45, 7) is 0. The van der Waals surface area contributed by atoms with Gasteiger partial charge in [0.2, 0.25) is 0 Å². The van der Waals surface area contributed by atoms with Gasteiger partial charge >= 0.3 is 0 Å². The second kappa shape index (κ2) is 4.90. The Morgan fingerprint density at radius 3 is 2.85 bits per heavy atom. The number of nitriles is 1. The molecule has 0 bridgehead atoms. The van der Waals surface area contributed by atoms with Crippen molar-refractivity contribution < 1.29 is 4.74 Å². The first-order valence-electron chi connectivity index (χ1n) is 6.09. The minimum absolute atomic E-state index is 0.404. The van der Waals surface area contributed by atoms with Crippen LogP contribution < -0.4 is 10.5 Å². The minimum atomic E-state index is 0.404. The lowest BCUT2D eigenvalue weighted by atomic mass is 10.2. The van der Waals surface area contributed by atoms with E-state index in [1.807, 2.05) is 36.4 Å².